The minimum Gasteiger partial charge on any atom is -0.493 e. The molecule has 0 saturated carbocycles. The van der Waals surface area contributed by atoms with Crippen molar-refractivity contribution in [1.29, 1.82) is 0 Å². The van der Waals surface area contributed by atoms with Crippen LogP contribution in [0.25, 0.3) is 0 Å². The second-order valence-corrected chi connectivity index (χ2v) is 4.47. The van der Waals surface area contributed by atoms with Crippen LogP contribution in [0.2, 0.25) is 0 Å². The normalized spacial score (nSPS) is 17.8. The number of para-hydroxylation sites is 1. The zero-order valence-corrected chi connectivity index (χ0v) is 9.67. The summed E-state index contributed by atoms with van der Waals surface area (Å²) in [6, 6.07) is 10.4. The Morgan fingerprint density at radius 2 is 2.18 bits per heavy atom. The van der Waals surface area contributed by atoms with Gasteiger partial charge < -0.3 is 15.0 Å². The number of benzene rings is 1. The molecule has 2 heterocycles. The molecule has 2 N–H and O–H groups in total. The summed E-state index contributed by atoms with van der Waals surface area (Å²) in [5.41, 5.74) is 8.10. The number of aromatic nitrogens is 1. The number of nitrogens with zero attached hydrogens (tertiary/aromatic N) is 1. The zero-order valence-electron chi connectivity index (χ0n) is 9.67. The van der Waals surface area contributed by atoms with Crippen LogP contribution < -0.4 is 10.5 Å². The van der Waals surface area contributed by atoms with Gasteiger partial charge in [0.25, 0.3) is 0 Å². The number of rotatable bonds is 3. The third-order valence-electron chi connectivity index (χ3n) is 3.28. The van der Waals surface area contributed by atoms with Gasteiger partial charge in [-0.2, -0.15) is 0 Å². The van der Waals surface area contributed by atoms with E-state index >= 15 is 0 Å². The molecule has 1 unspecified atom stereocenters. The van der Waals surface area contributed by atoms with Gasteiger partial charge in [-0.05, 0) is 17.7 Å². The van der Waals surface area contributed by atoms with Crippen LogP contribution in [0, 0.1) is 0 Å². The summed E-state index contributed by atoms with van der Waals surface area (Å²) in [5, 5.41) is 0. The molecule has 0 amide bonds. The first-order valence-corrected chi connectivity index (χ1v) is 5.93. The summed E-state index contributed by atoms with van der Waals surface area (Å²) in [4.78, 5) is 0. The summed E-state index contributed by atoms with van der Waals surface area (Å²) >= 11 is 0. The second-order valence-electron chi connectivity index (χ2n) is 4.47. The Balaban J connectivity index is 1.79. The van der Waals surface area contributed by atoms with Crippen molar-refractivity contribution in [2.24, 2.45) is 5.73 Å². The zero-order chi connectivity index (χ0) is 11.7. The molecule has 17 heavy (non-hydrogen) atoms. The van der Waals surface area contributed by atoms with Gasteiger partial charge in [-0.3, -0.25) is 0 Å². The van der Waals surface area contributed by atoms with Crippen molar-refractivity contribution in [1.82, 2.24) is 4.57 Å². The van der Waals surface area contributed by atoms with Crippen molar-refractivity contribution in [2.45, 2.75) is 19.0 Å². The standard InChI is InChI=1S/C14H16N2O/c15-7-11-5-6-16(8-11)9-12-10-17-14-4-2-1-3-13(12)14/h1-6,8,12H,7,9-10,15H2. The predicted octanol–water partition coefficient (Wildman–Crippen LogP) is 2.12. The Labute approximate surface area is 101 Å². The van der Waals surface area contributed by atoms with Crippen LogP contribution in [0.15, 0.2) is 42.7 Å². The molecule has 1 aromatic heterocycles. The van der Waals surface area contributed by atoms with Crippen molar-refractivity contribution >= 4 is 0 Å². The maximum absolute atomic E-state index is 5.68. The summed E-state index contributed by atoms with van der Waals surface area (Å²) in [6.45, 7) is 2.33. The predicted molar refractivity (Wildman–Crippen MR) is 67.0 cm³/mol. The Bertz CT molecular complexity index is 518. The number of fused-ring (bicyclic) bond motifs is 1. The highest BCUT2D eigenvalue weighted by Crippen LogP contribution is 2.34. The van der Waals surface area contributed by atoms with Gasteiger partial charge in [-0.25, -0.2) is 0 Å². The molecule has 2 aromatic rings. The lowest BCUT2D eigenvalue weighted by Crippen LogP contribution is -2.09. The van der Waals surface area contributed by atoms with Gasteiger partial charge in [0, 0.05) is 37.0 Å². The molecular weight excluding hydrogens is 212 g/mol. The van der Waals surface area contributed by atoms with E-state index in [2.05, 4.69) is 35.2 Å². The highest BCUT2D eigenvalue weighted by molar-refractivity contribution is 5.39. The van der Waals surface area contributed by atoms with E-state index in [-0.39, 0.29) is 0 Å². The molecule has 1 aliphatic heterocycles. The summed E-state index contributed by atoms with van der Waals surface area (Å²) in [5.74, 6) is 1.48. The largest absolute Gasteiger partial charge is 0.493 e. The smallest absolute Gasteiger partial charge is 0.122 e. The topological polar surface area (TPSA) is 40.2 Å². The molecule has 0 saturated heterocycles. The first-order chi connectivity index (χ1) is 8.36. The van der Waals surface area contributed by atoms with Gasteiger partial charge in [0.1, 0.15) is 5.75 Å². The van der Waals surface area contributed by atoms with E-state index in [1.54, 1.807) is 0 Å². The van der Waals surface area contributed by atoms with Crippen LogP contribution in [0.1, 0.15) is 17.0 Å². The molecule has 1 aliphatic rings. The highest BCUT2D eigenvalue weighted by atomic mass is 16.5. The van der Waals surface area contributed by atoms with Crippen LogP contribution in [0.5, 0.6) is 5.75 Å². The van der Waals surface area contributed by atoms with E-state index < -0.39 is 0 Å². The minimum absolute atomic E-state index is 0.448. The average molecular weight is 228 g/mol. The Kier molecular flexibility index (Phi) is 2.61. The Hall–Kier alpha value is -1.74. The van der Waals surface area contributed by atoms with Gasteiger partial charge in [0.15, 0.2) is 0 Å². The van der Waals surface area contributed by atoms with E-state index in [4.69, 9.17) is 10.5 Å². The lowest BCUT2D eigenvalue weighted by molar-refractivity contribution is 0.319. The van der Waals surface area contributed by atoms with Crippen LogP contribution in [-0.4, -0.2) is 11.2 Å². The lowest BCUT2D eigenvalue weighted by Gasteiger charge is -2.09. The first-order valence-electron chi connectivity index (χ1n) is 5.93. The molecule has 0 fully saturated rings. The average Bonchev–Trinajstić information content (AvgIpc) is 2.97. The molecule has 3 rings (SSSR count). The van der Waals surface area contributed by atoms with Crippen LogP contribution in [0.4, 0.5) is 0 Å². The third kappa shape index (κ3) is 1.94. The number of ether oxygens (including phenoxy) is 1. The van der Waals surface area contributed by atoms with Crippen molar-refractivity contribution in [2.75, 3.05) is 6.61 Å². The molecule has 3 nitrogen and oxygen atoms in total. The number of hydrogen-bond acceptors (Lipinski definition) is 2. The summed E-state index contributed by atoms with van der Waals surface area (Å²) in [6.07, 6.45) is 4.20. The van der Waals surface area contributed by atoms with E-state index in [0.717, 1.165) is 18.9 Å². The minimum atomic E-state index is 0.448. The van der Waals surface area contributed by atoms with Crippen molar-refractivity contribution in [3.8, 4) is 5.75 Å². The number of hydrogen-bond donors (Lipinski definition) is 1. The molecule has 0 bridgehead atoms. The molecule has 0 spiro atoms. The molecule has 0 radical (unpaired) electrons. The van der Waals surface area contributed by atoms with Crippen molar-refractivity contribution < 1.29 is 4.74 Å². The summed E-state index contributed by atoms with van der Waals surface area (Å²) in [7, 11) is 0. The first kappa shape index (κ1) is 10.4. The van der Waals surface area contributed by atoms with E-state index in [0.29, 0.717) is 12.5 Å². The van der Waals surface area contributed by atoms with Crippen LogP contribution in [-0.2, 0) is 13.1 Å². The van der Waals surface area contributed by atoms with Crippen molar-refractivity contribution in [3.05, 3.63) is 53.9 Å². The van der Waals surface area contributed by atoms with E-state index in [9.17, 15) is 0 Å². The maximum atomic E-state index is 5.68. The van der Waals surface area contributed by atoms with Crippen molar-refractivity contribution in [3.63, 3.8) is 0 Å². The SMILES string of the molecule is NCc1ccn(CC2COc3ccccc32)c1. The molecule has 0 aliphatic carbocycles. The molecule has 1 atom stereocenters. The van der Waals surface area contributed by atoms with E-state index in [1.165, 1.54) is 11.1 Å². The Morgan fingerprint density at radius 1 is 1.29 bits per heavy atom. The lowest BCUT2D eigenvalue weighted by atomic mass is 10.0. The van der Waals surface area contributed by atoms with Crippen LogP contribution in [0.3, 0.4) is 0 Å². The maximum Gasteiger partial charge on any atom is 0.122 e. The van der Waals surface area contributed by atoms with Gasteiger partial charge in [-0.1, -0.05) is 18.2 Å². The fourth-order valence-corrected chi connectivity index (χ4v) is 2.36. The molecule has 3 heteroatoms. The van der Waals surface area contributed by atoms with Crippen LogP contribution >= 0.6 is 0 Å². The molecular formula is C14H16N2O. The monoisotopic (exact) mass is 228 g/mol. The van der Waals surface area contributed by atoms with Gasteiger partial charge in [0.2, 0.25) is 0 Å². The molecule has 1 aromatic carbocycles. The fourth-order valence-electron chi connectivity index (χ4n) is 2.36. The van der Waals surface area contributed by atoms with Gasteiger partial charge in [-0.15, -0.1) is 0 Å². The van der Waals surface area contributed by atoms with Gasteiger partial charge >= 0.3 is 0 Å². The van der Waals surface area contributed by atoms with E-state index in [1.807, 2.05) is 12.1 Å². The second kappa shape index (κ2) is 4.26. The van der Waals surface area contributed by atoms with Gasteiger partial charge in [0.05, 0.1) is 6.61 Å². The summed E-state index contributed by atoms with van der Waals surface area (Å²) < 4.78 is 7.87. The number of nitrogens with two attached hydrogens (primary N) is 1. The quantitative estimate of drug-likeness (QED) is 0.874. The highest BCUT2D eigenvalue weighted by Gasteiger charge is 2.23. The fraction of sp³-hybridized carbons (Fsp3) is 0.286. The third-order valence-corrected chi connectivity index (χ3v) is 3.28. The Morgan fingerprint density at radius 3 is 3.00 bits per heavy atom. The molecule has 88 valence electrons.